The molecule has 0 aliphatic carbocycles. The van der Waals surface area contributed by atoms with Crippen LogP contribution in [0.2, 0.25) is 0 Å². The van der Waals surface area contributed by atoms with E-state index in [0.717, 1.165) is 11.3 Å². The van der Waals surface area contributed by atoms with Crippen molar-refractivity contribution in [3.63, 3.8) is 0 Å². The highest BCUT2D eigenvalue weighted by Crippen LogP contribution is 2.20. The second-order valence-corrected chi connectivity index (χ2v) is 4.29. The van der Waals surface area contributed by atoms with E-state index in [1.165, 1.54) is 0 Å². The van der Waals surface area contributed by atoms with E-state index in [9.17, 15) is 0 Å². The van der Waals surface area contributed by atoms with Gasteiger partial charge in [0.25, 0.3) is 0 Å². The fraction of sp³-hybridized carbons (Fsp3) is 0.154. The molecule has 0 spiro atoms. The number of aromatic nitrogens is 4. The van der Waals surface area contributed by atoms with Gasteiger partial charge in [-0.2, -0.15) is 0 Å². The number of rotatable bonds is 3. The van der Waals surface area contributed by atoms with Crippen molar-refractivity contribution in [1.29, 1.82) is 0 Å². The third kappa shape index (κ3) is 2.20. The maximum absolute atomic E-state index is 5.78. The predicted molar refractivity (Wildman–Crippen MR) is 73.7 cm³/mol. The summed E-state index contributed by atoms with van der Waals surface area (Å²) in [5, 5.41) is 3.29. The molecule has 6 nitrogen and oxygen atoms in total. The first kappa shape index (κ1) is 11.5. The van der Waals surface area contributed by atoms with E-state index in [4.69, 9.17) is 5.73 Å². The highest BCUT2D eigenvalue weighted by Gasteiger charge is 2.11. The average molecular weight is 254 g/mol. The molecule has 0 radical (unpaired) electrons. The van der Waals surface area contributed by atoms with E-state index in [0.29, 0.717) is 11.6 Å². The lowest BCUT2D eigenvalue weighted by Crippen LogP contribution is -2.11. The molecule has 0 aromatic carbocycles. The van der Waals surface area contributed by atoms with Crippen molar-refractivity contribution in [3.05, 3.63) is 48.7 Å². The zero-order valence-corrected chi connectivity index (χ0v) is 10.5. The molecule has 3 aromatic rings. The summed E-state index contributed by atoms with van der Waals surface area (Å²) in [4.78, 5) is 12.9. The lowest BCUT2D eigenvalue weighted by atomic mass is 10.2. The molecular formula is C13H14N6. The maximum Gasteiger partial charge on any atom is 0.180 e. The number of imidazole rings is 1. The van der Waals surface area contributed by atoms with Gasteiger partial charge >= 0.3 is 0 Å². The summed E-state index contributed by atoms with van der Waals surface area (Å²) in [7, 11) is 0. The normalized spacial score (nSPS) is 12.5. The molecule has 0 saturated carbocycles. The number of nitrogens with two attached hydrogens (primary N) is 1. The second kappa shape index (κ2) is 4.56. The number of nitrogen functional groups attached to an aromatic ring is 1. The number of hydrogen-bond acceptors (Lipinski definition) is 5. The molecule has 0 amide bonds. The third-order valence-corrected chi connectivity index (χ3v) is 2.88. The molecule has 0 aliphatic heterocycles. The van der Waals surface area contributed by atoms with E-state index in [2.05, 4.69) is 20.3 Å². The zero-order chi connectivity index (χ0) is 13.2. The Morgan fingerprint density at radius 3 is 2.95 bits per heavy atom. The number of pyridine rings is 1. The fourth-order valence-electron chi connectivity index (χ4n) is 1.96. The Morgan fingerprint density at radius 1 is 1.26 bits per heavy atom. The molecule has 0 fully saturated rings. The van der Waals surface area contributed by atoms with E-state index < -0.39 is 0 Å². The van der Waals surface area contributed by atoms with Gasteiger partial charge in [0, 0.05) is 18.6 Å². The minimum Gasteiger partial charge on any atom is -0.382 e. The van der Waals surface area contributed by atoms with Crippen LogP contribution in [0.15, 0.2) is 43.0 Å². The molecule has 6 heteroatoms. The van der Waals surface area contributed by atoms with E-state index in [-0.39, 0.29) is 6.04 Å². The van der Waals surface area contributed by atoms with Crippen LogP contribution in [0.4, 0.5) is 11.6 Å². The molecule has 1 atom stereocenters. The molecular weight excluding hydrogens is 240 g/mol. The Hall–Kier alpha value is -2.63. The smallest absolute Gasteiger partial charge is 0.180 e. The Kier molecular flexibility index (Phi) is 2.75. The topological polar surface area (TPSA) is 81.1 Å². The van der Waals surface area contributed by atoms with Gasteiger partial charge in [-0.15, -0.1) is 0 Å². The van der Waals surface area contributed by atoms with Crippen molar-refractivity contribution >= 4 is 17.3 Å². The summed E-state index contributed by atoms with van der Waals surface area (Å²) < 4.78 is 1.84. The Bertz CT molecular complexity index is 691. The summed E-state index contributed by atoms with van der Waals surface area (Å²) in [6, 6.07) is 5.84. The van der Waals surface area contributed by atoms with Gasteiger partial charge in [-0.3, -0.25) is 4.98 Å². The van der Waals surface area contributed by atoms with Gasteiger partial charge in [0.15, 0.2) is 11.5 Å². The van der Waals surface area contributed by atoms with Crippen LogP contribution in [0.25, 0.3) is 5.65 Å². The minimum absolute atomic E-state index is 0.0241. The highest BCUT2D eigenvalue weighted by molar-refractivity contribution is 5.65. The van der Waals surface area contributed by atoms with Crippen LogP contribution in [0, 0.1) is 0 Å². The average Bonchev–Trinajstić information content (AvgIpc) is 2.88. The summed E-state index contributed by atoms with van der Waals surface area (Å²) in [5.41, 5.74) is 7.47. The number of anilines is 2. The predicted octanol–water partition coefficient (Wildman–Crippen LogP) is 1.88. The molecule has 3 rings (SSSR count). The van der Waals surface area contributed by atoms with Crippen LogP contribution in [0.3, 0.4) is 0 Å². The van der Waals surface area contributed by atoms with Crippen LogP contribution < -0.4 is 11.1 Å². The van der Waals surface area contributed by atoms with E-state index in [1.54, 1.807) is 18.6 Å². The first-order chi connectivity index (χ1) is 9.24. The molecule has 3 aromatic heterocycles. The van der Waals surface area contributed by atoms with Crippen molar-refractivity contribution in [2.75, 3.05) is 11.1 Å². The second-order valence-electron chi connectivity index (χ2n) is 4.29. The van der Waals surface area contributed by atoms with Crippen molar-refractivity contribution < 1.29 is 0 Å². The molecule has 19 heavy (non-hydrogen) atoms. The Labute approximate surface area is 110 Å². The van der Waals surface area contributed by atoms with Gasteiger partial charge in [0.1, 0.15) is 5.82 Å². The molecule has 96 valence electrons. The van der Waals surface area contributed by atoms with Crippen LogP contribution in [-0.2, 0) is 0 Å². The molecule has 0 aliphatic rings. The van der Waals surface area contributed by atoms with Crippen molar-refractivity contribution in [2.45, 2.75) is 13.0 Å². The minimum atomic E-state index is 0.0241. The van der Waals surface area contributed by atoms with Gasteiger partial charge in [-0.25, -0.2) is 9.97 Å². The first-order valence-corrected chi connectivity index (χ1v) is 6.00. The number of nitrogens with one attached hydrogen (secondary N) is 1. The van der Waals surface area contributed by atoms with Crippen LogP contribution >= 0.6 is 0 Å². The summed E-state index contributed by atoms with van der Waals surface area (Å²) in [6.07, 6.45) is 7.06. The standard InChI is InChI=1S/C13H14N6/c1-9(10-4-2-3-5-15-10)17-12-13-16-6-7-19(13)8-11(14)18-12/h2-9H,14H2,1H3,(H,17,18). The molecule has 1 unspecified atom stereocenters. The van der Waals surface area contributed by atoms with Crippen molar-refractivity contribution in [2.24, 2.45) is 0 Å². The van der Waals surface area contributed by atoms with Gasteiger partial charge in [0.05, 0.1) is 17.9 Å². The van der Waals surface area contributed by atoms with Crippen molar-refractivity contribution in [3.8, 4) is 0 Å². The summed E-state index contributed by atoms with van der Waals surface area (Å²) in [6.45, 7) is 2.02. The van der Waals surface area contributed by atoms with E-state index >= 15 is 0 Å². The van der Waals surface area contributed by atoms with Crippen LogP contribution in [-0.4, -0.2) is 19.4 Å². The van der Waals surface area contributed by atoms with Gasteiger partial charge < -0.3 is 15.5 Å². The fourth-order valence-corrected chi connectivity index (χ4v) is 1.96. The van der Waals surface area contributed by atoms with Crippen LogP contribution in [0.5, 0.6) is 0 Å². The lowest BCUT2D eigenvalue weighted by Gasteiger charge is -2.14. The number of nitrogens with zero attached hydrogens (tertiary/aromatic N) is 4. The first-order valence-electron chi connectivity index (χ1n) is 6.00. The zero-order valence-electron chi connectivity index (χ0n) is 10.5. The van der Waals surface area contributed by atoms with Gasteiger partial charge in [-0.1, -0.05) is 6.07 Å². The summed E-state index contributed by atoms with van der Waals surface area (Å²) >= 11 is 0. The molecule has 0 saturated heterocycles. The highest BCUT2D eigenvalue weighted by atomic mass is 15.1. The van der Waals surface area contributed by atoms with Crippen molar-refractivity contribution in [1.82, 2.24) is 19.4 Å². The van der Waals surface area contributed by atoms with Gasteiger partial charge in [0.2, 0.25) is 0 Å². The maximum atomic E-state index is 5.78. The number of fused-ring (bicyclic) bond motifs is 1. The molecule has 3 heterocycles. The van der Waals surface area contributed by atoms with E-state index in [1.807, 2.05) is 35.7 Å². The quantitative estimate of drug-likeness (QED) is 0.745. The molecule has 0 bridgehead atoms. The third-order valence-electron chi connectivity index (χ3n) is 2.88. The largest absolute Gasteiger partial charge is 0.382 e. The Morgan fingerprint density at radius 2 is 2.16 bits per heavy atom. The molecule has 3 N–H and O–H groups in total. The van der Waals surface area contributed by atoms with Crippen LogP contribution in [0.1, 0.15) is 18.7 Å². The van der Waals surface area contributed by atoms with Gasteiger partial charge in [-0.05, 0) is 19.1 Å². The monoisotopic (exact) mass is 254 g/mol. The Balaban J connectivity index is 1.95. The summed E-state index contributed by atoms with van der Waals surface area (Å²) in [5.74, 6) is 1.10. The number of hydrogen-bond donors (Lipinski definition) is 2. The SMILES string of the molecule is CC(Nc1nc(N)cn2ccnc12)c1ccccn1. The lowest BCUT2D eigenvalue weighted by molar-refractivity contribution is 0.831.